The van der Waals surface area contributed by atoms with Gasteiger partial charge in [0.15, 0.2) is 11.5 Å². The van der Waals surface area contributed by atoms with Crippen molar-refractivity contribution in [2.75, 3.05) is 20.8 Å². The molecule has 6 heteroatoms. The van der Waals surface area contributed by atoms with Gasteiger partial charge in [-0.05, 0) is 67.3 Å². The Morgan fingerprint density at radius 1 is 1.13 bits per heavy atom. The minimum Gasteiger partial charge on any atom is -0.493 e. The van der Waals surface area contributed by atoms with E-state index in [2.05, 4.69) is 30.2 Å². The van der Waals surface area contributed by atoms with E-state index in [1.54, 1.807) is 14.2 Å². The number of hydrogen-bond donors (Lipinski definition) is 0. The first kappa shape index (κ1) is 21.6. The highest BCUT2D eigenvalue weighted by Crippen LogP contribution is 2.50. The van der Waals surface area contributed by atoms with Gasteiger partial charge in [-0.1, -0.05) is 23.7 Å². The summed E-state index contributed by atoms with van der Waals surface area (Å²) in [5, 5.41) is 0.685. The maximum atomic E-state index is 13.0. The van der Waals surface area contributed by atoms with Gasteiger partial charge in [0, 0.05) is 23.2 Å². The SMILES string of the molecule is CCOC(=O)[C@@H]1[C@@H](c2ccc(Cl)cc2)C[C@@H]2c3cc(OC)c(OC)cc3C=CN2[C@@H]1C. The van der Waals surface area contributed by atoms with E-state index in [9.17, 15) is 4.79 Å². The fourth-order valence-electron chi connectivity index (χ4n) is 5.00. The predicted molar refractivity (Wildman–Crippen MR) is 122 cm³/mol. The van der Waals surface area contributed by atoms with E-state index >= 15 is 0 Å². The quantitative estimate of drug-likeness (QED) is 0.578. The molecule has 0 N–H and O–H groups in total. The van der Waals surface area contributed by atoms with Crippen molar-refractivity contribution in [3.05, 3.63) is 64.3 Å². The molecular weight excluding hydrogens is 414 g/mol. The van der Waals surface area contributed by atoms with Gasteiger partial charge in [-0.15, -0.1) is 0 Å². The Labute approximate surface area is 188 Å². The van der Waals surface area contributed by atoms with Gasteiger partial charge in [0.1, 0.15) is 0 Å². The van der Waals surface area contributed by atoms with Crippen LogP contribution in [0.1, 0.15) is 48.9 Å². The average Bonchev–Trinajstić information content (AvgIpc) is 2.78. The molecule has 1 fully saturated rings. The van der Waals surface area contributed by atoms with Gasteiger partial charge in [0.2, 0.25) is 0 Å². The summed E-state index contributed by atoms with van der Waals surface area (Å²) in [7, 11) is 3.30. The van der Waals surface area contributed by atoms with Crippen molar-refractivity contribution >= 4 is 23.6 Å². The van der Waals surface area contributed by atoms with Crippen molar-refractivity contribution in [2.45, 2.75) is 38.3 Å². The lowest BCUT2D eigenvalue weighted by Crippen LogP contribution is -2.50. The summed E-state index contributed by atoms with van der Waals surface area (Å²) < 4.78 is 16.5. The lowest BCUT2D eigenvalue weighted by molar-refractivity contribution is -0.153. The summed E-state index contributed by atoms with van der Waals surface area (Å²) in [6.07, 6.45) is 4.95. The molecule has 2 aliphatic rings. The van der Waals surface area contributed by atoms with E-state index in [1.165, 1.54) is 5.56 Å². The molecule has 0 aliphatic carbocycles. The summed E-state index contributed by atoms with van der Waals surface area (Å²) in [6, 6.07) is 12.0. The molecule has 4 rings (SSSR count). The largest absolute Gasteiger partial charge is 0.493 e. The summed E-state index contributed by atoms with van der Waals surface area (Å²) in [4.78, 5) is 15.3. The van der Waals surface area contributed by atoms with E-state index in [-0.39, 0.29) is 29.9 Å². The van der Waals surface area contributed by atoms with Gasteiger partial charge in [0.25, 0.3) is 0 Å². The van der Waals surface area contributed by atoms with Gasteiger partial charge in [0.05, 0.1) is 32.8 Å². The molecule has 0 radical (unpaired) electrons. The Kier molecular flexibility index (Phi) is 6.15. The first-order valence-electron chi connectivity index (χ1n) is 10.6. The average molecular weight is 442 g/mol. The molecule has 1 saturated heterocycles. The zero-order valence-corrected chi connectivity index (χ0v) is 19.1. The molecule has 0 saturated carbocycles. The summed E-state index contributed by atoms with van der Waals surface area (Å²) in [6.45, 7) is 4.32. The molecule has 2 aromatic carbocycles. The van der Waals surface area contributed by atoms with Crippen LogP contribution in [0.4, 0.5) is 0 Å². The number of hydrogen-bond acceptors (Lipinski definition) is 5. The zero-order valence-electron chi connectivity index (χ0n) is 18.3. The van der Waals surface area contributed by atoms with Gasteiger partial charge >= 0.3 is 5.97 Å². The Balaban J connectivity index is 1.79. The number of halogens is 1. The highest BCUT2D eigenvalue weighted by molar-refractivity contribution is 6.30. The Hall–Kier alpha value is -2.66. The van der Waals surface area contributed by atoms with Crippen molar-refractivity contribution in [2.24, 2.45) is 5.92 Å². The van der Waals surface area contributed by atoms with Crippen LogP contribution in [-0.4, -0.2) is 37.7 Å². The zero-order chi connectivity index (χ0) is 22.1. The predicted octanol–water partition coefficient (Wildman–Crippen LogP) is 5.44. The van der Waals surface area contributed by atoms with Crippen LogP contribution in [0.25, 0.3) is 6.08 Å². The van der Waals surface area contributed by atoms with E-state index in [4.69, 9.17) is 25.8 Å². The fourth-order valence-corrected chi connectivity index (χ4v) is 5.13. The first-order chi connectivity index (χ1) is 15.0. The number of fused-ring (bicyclic) bond motifs is 3. The molecule has 5 nitrogen and oxygen atoms in total. The monoisotopic (exact) mass is 441 g/mol. The molecule has 2 aliphatic heterocycles. The van der Waals surface area contributed by atoms with Crippen molar-refractivity contribution in [3.8, 4) is 11.5 Å². The molecular formula is C25H28ClNO4. The second-order valence-corrected chi connectivity index (χ2v) is 8.46. The molecule has 0 bridgehead atoms. The number of benzene rings is 2. The molecule has 4 atom stereocenters. The second-order valence-electron chi connectivity index (χ2n) is 8.03. The number of carbonyl (C=O) groups is 1. The van der Waals surface area contributed by atoms with E-state index in [1.807, 2.05) is 37.3 Å². The first-order valence-corrected chi connectivity index (χ1v) is 11.0. The highest BCUT2D eigenvalue weighted by Gasteiger charge is 2.46. The molecule has 0 spiro atoms. The maximum absolute atomic E-state index is 13.0. The number of piperidine rings is 1. The van der Waals surface area contributed by atoms with Crippen LogP contribution in [-0.2, 0) is 9.53 Å². The Bertz CT molecular complexity index is 988. The lowest BCUT2D eigenvalue weighted by atomic mass is 9.71. The van der Waals surface area contributed by atoms with Crippen molar-refractivity contribution in [3.63, 3.8) is 0 Å². The molecule has 31 heavy (non-hydrogen) atoms. The number of methoxy groups -OCH3 is 2. The van der Waals surface area contributed by atoms with Gasteiger partial charge in [-0.25, -0.2) is 0 Å². The molecule has 0 aromatic heterocycles. The topological polar surface area (TPSA) is 48.0 Å². The van der Waals surface area contributed by atoms with Crippen LogP contribution in [0.5, 0.6) is 11.5 Å². The van der Waals surface area contributed by atoms with E-state index in [0.29, 0.717) is 23.1 Å². The third kappa shape index (κ3) is 3.87. The number of rotatable bonds is 5. The Morgan fingerprint density at radius 2 is 1.81 bits per heavy atom. The highest BCUT2D eigenvalue weighted by atomic mass is 35.5. The summed E-state index contributed by atoms with van der Waals surface area (Å²) >= 11 is 6.13. The molecule has 2 heterocycles. The summed E-state index contributed by atoms with van der Waals surface area (Å²) in [5.41, 5.74) is 3.38. The van der Waals surface area contributed by atoms with Gasteiger partial charge in [-0.2, -0.15) is 0 Å². The minimum atomic E-state index is -0.274. The van der Waals surface area contributed by atoms with Gasteiger partial charge < -0.3 is 19.1 Å². The van der Waals surface area contributed by atoms with Crippen LogP contribution in [0.2, 0.25) is 5.02 Å². The molecule has 2 aromatic rings. The lowest BCUT2D eigenvalue weighted by Gasteiger charge is -2.49. The normalized spacial score (nSPS) is 24.2. The van der Waals surface area contributed by atoms with Crippen molar-refractivity contribution in [1.82, 2.24) is 4.90 Å². The number of ether oxygens (including phenoxy) is 3. The minimum absolute atomic E-state index is 0.0139. The van der Waals surface area contributed by atoms with Crippen LogP contribution >= 0.6 is 11.6 Å². The summed E-state index contributed by atoms with van der Waals surface area (Å²) in [5.74, 6) is 1.00. The number of carbonyl (C=O) groups excluding carboxylic acids is 1. The van der Waals surface area contributed by atoms with E-state index in [0.717, 1.165) is 17.5 Å². The number of esters is 1. The Morgan fingerprint density at radius 3 is 2.45 bits per heavy atom. The number of nitrogens with zero attached hydrogens (tertiary/aromatic N) is 1. The van der Waals surface area contributed by atoms with E-state index < -0.39 is 0 Å². The third-order valence-corrected chi connectivity index (χ3v) is 6.74. The van der Waals surface area contributed by atoms with Crippen LogP contribution in [0.3, 0.4) is 0 Å². The van der Waals surface area contributed by atoms with Crippen LogP contribution in [0, 0.1) is 5.92 Å². The maximum Gasteiger partial charge on any atom is 0.311 e. The van der Waals surface area contributed by atoms with Gasteiger partial charge in [-0.3, -0.25) is 4.79 Å². The molecule has 0 amide bonds. The molecule has 164 valence electrons. The molecule has 0 unspecified atom stereocenters. The van der Waals surface area contributed by atoms with Crippen molar-refractivity contribution < 1.29 is 19.0 Å². The van der Waals surface area contributed by atoms with Crippen LogP contribution < -0.4 is 9.47 Å². The fraction of sp³-hybridized carbons (Fsp3) is 0.400. The smallest absolute Gasteiger partial charge is 0.311 e. The van der Waals surface area contributed by atoms with Crippen molar-refractivity contribution in [1.29, 1.82) is 0 Å². The second kappa shape index (κ2) is 8.83. The van der Waals surface area contributed by atoms with Crippen LogP contribution in [0.15, 0.2) is 42.6 Å². The standard InChI is InChI=1S/C25H28ClNO4/c1-5-31-25(28)24-15(2)27-11-10-17-12-22(29-3)23(30-4)14-19(17)21(27)13-20(24)16-6-8-18(26)9-7-16/h6-12,14-15,20-21,24H,5,13H2,1-4H3/t15-,20-,21-,24+/m1/s1. The third-order valence-electron chi connectivity index (χ3n) is 6.49.